The van der Waals surface area contributed by atoms with Crippen LogP contribution in [0.4, 0.5) is 0 Å². The molecule has 3 atom stereocenters. The molecular formula is C18H24ClNO. The first-order chi connectivity index (χ1) is 10.2. The van der Waals surface area contributed by atoms with Crippen LogP contribution in [-0.4, -0.2) is 17.8 Å². The number of hydrogen-bond acceptors (Lipinski definition) is 1. The Morgan fingerprint density at radius 3 is 2.71 bits per heavy atom. The van der Waals surface area contributed by atoms with Gasteiger partial charge in [-0.1, -0.05) is 37.1 Å². The van der Waals surface area contributed by atoms with Crippen molar-refractivity contribution in [3.05, 3.63) is 35.4 Å². The molecule has 21 heavy (non-hydrogen) atoms. The van der Waals surface area contributed by atoms with Crippen molar-refractivity contribution >= 4 is 17.5 Å². The smallest absolute Gasteiger partial charge is 0.223 e. The highest BCUT2D eigenvalue weighted by Gasteiger charge is 2.27. The summed E-state index contributed by atoms with van der Waals surface area (Å²) in [5.74, 6) is 0.816. The maximum Gasteiger partial charge on any atom is 0.223 e. The Balaban J connectivity index is 1.52. The minimum Gasteiger partial charge on any atom is -0.356 e. The number of carbonyl (C=O) groups excluding carboxylic acids is 1. The van der Waals surface area contributed by atoms with E-state index < -0.39 is 0 Å². The zero-order valence-corrected chi connectivity index (χ0v) is 13.2. The summed E-state index contributed by atoms with van der Waals surface area (Å²) in [4.78, 5) is 12.4. The number of benzene rings is 1. The lowest BCUT2D eigenvalue weighted by molar-refractivity contribution is -0.125. The molecule has 0 heterocycles. The third-order valence-electron chi connectivity index (χ3n) is 5.07. The Bertz CT molecular complexity index is 502. The minimum atomic E-state index is 0.136. The van der Waals surface area contributed by atoms with Gasteiger partial charge in [-0.05, 0) is 49.1 Å². The van der Waals surface area contributed by atoms with Gasteiger partial charge >= 0.3 is 0 Å². The average molecular weight is 306 g/mol. The standard InChI is InChI=1S/C18H24ClNO/c19-17-8-4-3-7-16(17)12-20-18(21)15-10-9-13-5-1-2-6-14(13)11-15/h1-2,5-6,15-17H,3-4,7-12H2,(H,20,21). The van der Waals surface area contributed by atoms with Crippen molar-refractivity contribution in [1.29, 1.82) is 0 Å². The van der Waals surface area contributed by atoms with E-state index in [0.717, 1.165) is 38.6 Å². The first kappa shape index (κ1) is 14.9. The molecule has 3 rings (SSSR count). The fourth-order valence-corrected chi connectivity index (χ4v) is 4.06. The van der Waals surface area contributed by atoms with Gasteiger partial charge < -0.3 is 5.32 Å². The zero-order chi connectivity index (χ0) is 14.7. The van der Waals surface area contributed by atoms with Gasteiger partial charge in [0.2, 0.25) is 5.91 Å². The molecule has 3 heteroatoms. The predicted octanol–water partition coefficient (Wildman–Crippen LogP) is 3.71. The number of rotatable bonds is 3. The van der Waals surface area contributed by atoms with Gasteiger partial charge in [-0.2, -0.15) is 0 Å². The highest BCUT2D eigenvalue weighted by Crippen LogP contribution is 2.29. The van der Waals surface area contributed by atoms with Crippen LogP contribution in [0.3, 0.4) is 0 Å². The lowest BCUT2D eigenvalue weighted by atomic mass is 9.83. The summed E-state index contributed by atoms with van der Waals surface area (Å²) in [5.41, 5.74) is 2.76. The number of amides is 1. The number of halogens is 1. The van der Waals surface area contributed by atoms with Crippen molar-refractivity contribution in [3.8, 4) is 0 Å². The van der Waals surface area contributed by atoms with Crippen LogP contribution in [0.15, 0.2) is 24.3 Å². The van der Waals surface area contributed by atoms with Crippen molar-refractivity contribution in [2.24, 2.45) is 11.8 Å². The Morgan fingerprint density at radius 1 is 1.14 bits per heavy atom. The molecule has 1 fully saturated rings. The van der Waals surface area contributed by atoms with E-state index in [9.17, 15) is 4.79 Å². The fraction of sp³-hybridized carbons (Fsp3) is 0.611. The Kier molecular flexibility index (Phi) is 4.84. The van der Waals surface area contributed by atoms with Crippen LogP contribution in [0.1, 0.15) is 43.2 Å². The Morgan fingerprint density at radius 2 is 1.90 bits per heavy atom. The quantitative estimate of drug-likeness (QED) is 0.848. The fourth-order valence-electron chi connectivity index (χ4n) is 3.69. The number of alkyl halides is 1. The molecule has 0 spiro atoms. The second kappa shape index (κ2) is 6.83. The summed E-state index contributed by atoms with van der Waals surface area (Å²) in [5, 5.41) is 3.40. The summed E-state index contributed by atoms with van der Waals surface area (Å²) in [6.07, 6.45) is 7.62. The molecule has 2 nitrogen and oxygen atoms in total. The average Bonchev–Trinajstić information content (AvgIpc) is 2.53. The molecule has 1 aromatic rings. The third-order valence-corrected chi connectivity index (χ3v) is 5.65. The molecule has 1 N–H and O–H groups in total. The van der Waals surface area contributed by atoms with Gasteiger partial charge in [-0.25, -0.2) is 0 Å². The molecule has 0 radical (unpaired) electrons. The molecular weight excluding hydrogens is 282 g/mol. The molecule has 0 saturated heterocycles. The summed E-state index contributed by atoms with van der Waals surface area (Å²) in [6, 6.07) is 8.50. The molecule has 0 aliphatic heterocycles. The van der Waals surface area contributed by atoms with Crippen LogP contribution in [0.25, 0.3) is 0 Å². The van der Waals surface area contributed by atoms with E-state index in [0.29, 0.717) is 5.92 Å². The van der Waals surface area contributed by atoms with Crippen molar-refractivity contribution in [2.45, 2.75) is 50.3 Å². The third kappa shape index (κ3) is 3.60. The maximum atomic E-state index is 12.4. The monoisotopic (exact) mass is 305 g/mol. The van der Waals surface area contributed by atoms with Gasteiger partial charge in [0, 0.05) is 17.8 Å². The van der Waals surface area contributed by atoms with Crippen LogP contribution >= 0.6 is 11.6 Å². The van der Waals surface area contributed by atoms with Crippen molar-refractivity contribution in [2.75, 3.05) is 6.54 Å². The topological polar surface area (TPSA) is 29.1 Å². The van der Waals surface area contributed by atoms with Crippen molar-refractivity contribution in [1.82, 2.24) is 5.32 Å². The largest absolute Gasteiger partial charge is 0.356 e. The number of hydrogen-bond donors (Lipinski definition) is 1. The Hall–Kier alpha value is -1.02. The van der Waals surface area contributed by atoms with Crippen LogP contribution in [0, 0.1) is 11.8 Å². The van der Waals surface area contributed by atoms with E-state index >= 15 is 0 Å². The zero-order valence-electron chi connectivity index (χ0n) is 12.5. The SMILES string of the molecule is O=C(NCC1CCCCC1Cl)C1CCc2ccccc2C1. The molecule has 1 aromatic carbocycles. The number of aryl methyl sites for hydroxylation is 1. The van der Waals surface area contributed by atoms with E-state index in [1.807, 2.05) is 0 Å². The number of fused-ring (bicyclic) bond motifs is 1. The van der Waals surface area contributed by atoms with E-state index in [1.165, 1.54) is 24.0 Å². The van der Waals surface area contributed by atoms with Gasteiger partial charge in [0.15, 0.2) is 0 Å². The molecule has 2 aliphatic rings. The lowest BCUT2D eigenvalue weighted by Gasteiger charge is -2.29. The highest BCUT2D eigenvalue weighted by atomic mass is 35.5. The molecule has 1 amide bonds. The molecule has 0 aromatic heterocycles. The van der Waals surface area contributed by atoms with E-state index in [-0.39, 0.29) is 17.2 Å². The summed E-state index contributed by atoms with van der Waals surface area (Å²) in [7, 11) is 0. The second-order valence-corrected chi connectivity index (χ2v) is 7.07. The van der Waals surface area contributed by atoms with E-state index in [2.05, 4.69) is 29.6 Å². The minimum absolute atomic E-state index is 0.136. The number of nitrogens with one attached hydrogen (secondary N) is 1. The number of carbonyl (C=O) groups is 1. The van der Waals surface area contributed by atoms with E-state index in [4.69, 9.17) is 11.6 Å². The normalized spacial score (nSPS) is 28.7. The van der Waals surface area contributed by atoms with Gasteiger partial charge in [0.25, 0.3) is 0 Å². The lowest BCUT2D eigenvalue weighted by Crippen LogP contribution is -2.39. The van der Waals surface area contributed by atoms with Crippen LogP contribution in [0.5, 0.6) is 0 Å². The first-order valence-electron chi connectivity index (χ1n) is 8.22. The van der Waals surface area contributed by atoms with Crippen molar-refractivity contribution in [3.63, 3.8) is 0 Å². The van der Waals surface area contributed by atoms with Crippen molar-refractivity contribution < 1.29 is 4.79 Å². The van der Waals surface area contributed by atoms with Crippen LogP contribution in [0.2, 0.25) is 0 Å². The molecule has 0 bridgehead atoms. The second-order valence-electron chi connectivity index (χ2n) is 6.51. The predicted molar refractivity (Wildman–Crippen MR) is 86.6 cm³/mol. The van der Waals surface area contributed by atoms with Gasteiger partial charge in [-0.3, -0.25) is 4.79 Å². The van der Waals surface area contributed by atoms with Gasteiger partial charge in [0.1, 0.15) is 0 Å². The summed E-state index contributed by atoms with van der Waals surface area (Å²) < 4.78 is 0. The Labute approximate surface area is 132 Å². The molecule has 3 unspecified atom stereocenters. The van der Waals surface area contributed by atoms with E-state index in [1.54, 1.807) is 0 Å². The summed E-state index contributed by atoms with van der Waals surface area (Å²) in [6.45, 7) is 0.755. The van der Waals surface area contributed by atoms with Crippen LogP contribution in [-0.2, 0) is 17.6 Å². The first-order valence-corrected chi connectivity index (χ1v) is 8.66. The maximum absolute atomic E-state index is 12.4. The van der Waals surface area contributed by atoms with Gasteiger partial charge in [0.05, 0.1) is 0 Å². The summed E-state index contributed by atoms with van der Waals surface area (Å²) >= 11 is 6.37. The molecule has 2 aliphatic carbocycles. The molecule has 1 saturated carbocycles. The van der Waals surface area contributed by atoms with Crippen LogP contribution < -0.4 is 5.32 Å². The highest BCUT2D eigenvalue weighted by molar-refractivity contribution is 6.20. The van der Waals surface area contributed by atoms with Gasteiger partial charge in [-0.15, -0.1) is 11.6 Å². The molecule has 114 valence electrons.